The van der Waals surface area contributed by atoms with Gasteiger partial charge in [0, 0.05) is 0 Å². The predicted octanol–water partition coefficient (Wildman–Crippen LogP) is 0.435. The Hall–Kier alpha value is -1.65. The minimum Gasteiger partial charge on any atom is -0.434 e. The first-order valence-corrected chi connectivity index (χ1v) is 7.60. The Bertz CT molecular complexity index is 405. The van der Waals surface area contributed by atoms with Crippen molar-refractivity contribution in [3.8, 4) is 0 Å². The summed E-state index contributed by atoms with van der Waals surface area (Å²) < 4.78 is 20.7. The summed E-state index contributed by atoms with van der Waals surface area (Å²) >= 11 is 0. The van der Waals surface area contributed by atoms with Gasteiger partial charge in [-0.05, 0) is 19.3 Å². The van der Waals surface area contributed by atoms with E-state index in [0.29, 0.717) is 12.8 Å². The van der Waals surface area contributed by atoms with Crippen LogP contribution in [0.15, 0.2) is 0 Å². The highest BCUT2D eigenvalue weighted by molar-refractivity contribution is 5.60. The van der Waals surface area contributed by atoms with Crippen LogP contribution in [0.25, 0.3) is 0 Å². The number of nitrogens with zero attached hydrogens (tertiary/aromatic N) is 1. The third kappa shape index (κ3) is 5.48. The van der Waals surface area contributed by atoms with Gasteiger partial charge in [0.05, 0.1) is 26.4 Å². The van der Waals surface area contributed by atoms with E-state index in [9.17, 15) is 20.0 Å². The fraction of sp³-hybridized carbons (Fsp3) is 0.923. The summed E-state index contributed by atoms with van der Waals surface area (Å²) in [7, 11) is 0. The molecule has 0 amide bonds. The molecule has 0 aromatic rings. The minimum atomic E-state index is -0.816. The smallest absolute Gasteiger partial charge is 0.434 e. The van der Waals surface area contributed by atoms with Crippen LogP contribution in [-0.2, 0) is 23.8 Å². The Morgan fingerprint density at radius 2 is 1.83 bits per heavy atom. The van der Waals surface area contributed by atoms with Crippen molar-refractivity contribution in [3.63, 3.8) is 0 Å². The average molecular weight is 335 g/mol. The maximum Gasteiger partial charge on any atom is 0.508 e. The SMILES string of the molecule is O=C(OCCCCCCO[N+](=O)[O-])O[C@@H]1CO[C@H]2[C@@H]1OC[C@H]2O. The second-order valence-electron chi connectivity index (χ2n) is 5.39. The van der Waals surface area contributed by atoms with Crippen LogP contribution in [0.3, 0.4) is 0 Å². The molecule has 2 heterocycles. The molecule has 0 spiro atoms. The molecule has 2 fully saturated rings. The third-order valence-corrected chi connectivity index (χ3v) is 3.68. The lowest BCUT2D eigenvalue weighted by Crippen LogP contribution is -2.34. The van der Waals surface area contributed by atoms with E-state index in [4.69, 9.17) is 18.9 Å². The lowest BCUT2D eigenvalue weighted by molar-refractivity contribution is -0.757. The summed E-state index contributed by atoms with van der Waals surface area (Å²) in [5.41, 5.74) is 0. The molecule has 0 unspecified atom stereocenters. The van der Waals surface area contributed by atoms with Crippen LogP contribution in [0, 0.1) is 10.1 Å². The first kappa shape index (κ1) is 17.7. The molecule has 23 heavy (non-hydrogen) atoms. The van der Waals surface area contributed by atoms with E-state index in [0.717, 1.165) is 12.8 Å². The van der Waals surface area contributed by atoms with E-state index in [-0.39, 0.29) is 26.4 Å². The van der Waals surface area contributed by atoms with Crippen LogP contribution in [0.4, 0.5) is 4.79 Å². The van der Waals surface area contributed by atoms with Gasteiger partial charge in [0.1, 0.15) is 18.3 Å². The molecule has 132 valence electrons. The van der Waals surface area contributed by atoms with Crippen molar-refractivity contribution in [2.75, 3.05) is 26.4 Å². The van der Waals surface area contributed by atoms with Gasteiger partial charge in [-0.2, -0.15) is 0 Å². The van der Waals surface area contributed by atoms with Gasteiger partial charge in [0.2, 0.25) is 0 Å². The number of ether oxygens (including phenoxy) is 4. The van der Waals surface area contributed by atoms with Gasteiger partial charge >= 0.3 is 6.16 Å². The first-order chi connectivity index (χ1) is 11.1. The number of carbonyl (C=O) groups is 1. The van der Waals surface area contributed by atoms with Crippen LogP contribution in [0.5, 0.6) is 0 Å². The molecule has 0 aliphatic carbocycles. The van der Waals surface area contributed by atoms with Crippen molar-refractivity contribution >= 4 is 6.16 Å². The Morgan fingerprint density at radius 1 is 1.13 bits per heavy atom. The summed E-state index contributed by atoms with van der Waals surface area (Å²) in [5, 5.41) is 18.7. The molecule has 10 nitrogen and oxygen atoms in total. The lowest BCUT2D eigenvalue weighted by atomic mass is 10.1. The number of aliphatic hydroxyl groups is 1. The van der Waals surface area contributed by atoms with Crippen molar-refractivity contribution < 1.29 is 38.8 Å². The standard InChI is InChI=1S/C13H21NO9/c15-9-7-20-12-10(8-21-11(9)12)23-13(16)19-5-3-1-2-4-6-22-14(17)18/h9-12,15H,1-8H2/t9-,10-,11-,12-/m1/s1. The molecule has 0 bridgehead atoms. The summed E-state index contributed by atoms with van der Waals surface area (Å²) in [5.74, 6) is 0. The van der Waals surface area contributed by atoms with E-state index in [1.165, 1.54) is 0 Å². The quantitative estimate of drug-likeness (QED) is 0.276. The van der Waals surface area contributed by atoms with Gasteiger partial charge in [-0.15, -0.1) is 10.1 Å². The number of hydrogen-bond acceptors (Lipinski definition) is 9. The molecule has 0 radical (unpaired) electrons. The molecule has 1 N–H and O–H groups in total. The fourth-order valence-electron chi connectivity index (χ4n) is 2.55. The minimum absolute atomic E-state index is 0.0754. The predicted molar refractivity (Wildman–Crippen MR) is 73.1 cm³/mol. The molecule has 0 aromatic carbocycles. The second kappa shape index (κ2) is 8.85. The number of hydrogen-bond donors (Lipinski definition) is 1. The topological polar surface area (TPSA) is 127 Å². The molecule has 10 heteroatoms. The Kier molecular flexibility index (Phi) is 6.81. The van der Waals surface area contributed by atoms with Crippen molar-refractivity contribution in [2.45, 2.75) is 50.1 Å². The number of fused-ring (bicyclic) bond motifs is 1. The summed E-state index contributed by atoms with van der Waals surface area (Å²) in [6.07, 6.45) is -0.218. The maximum atomic E-state index is 11.6. The molecular weight excluding hydrogens is 314 g/mol. The summed E-state index contributed by atoms with van der Waals surface area (Å²) in [6.45, 7) is 0.633. The maximum absolute atomic E-state index is 11.6. The highest BCUT2D eigenvalue weighted by atomic mass is 16.9. The zero-order chi connectivity index (χ0) is 16.7. The molecule has 2 saturated heterocycles. The molecule has 0 saturated carbocycles. The number of unbranched alkanes of at least 4 members (excludes halogenated alkanes) is 3. The van der Waals surface area contributed by atoms with E-state index < -0.39 is 35.7 Å². The van der Waals surface area contributed by atoms with Gasteiger partial charge in [0.25, 0.3) is 5.09 Å². The third-order valence-electron chi connectivity index (χ3n) is 3.68. The molecule has 4 atom stereocenters. The highest BCUT2D eigenvalue weighted by Crippen LogP contribution is 2.28. The van der Waals surface area contributed by atoms with Crippen molar-refractivity contribution in [3.05, 3.63) is 10.1 Å². The van der Waals surface area contributed by atoms with Gasteiger partial charge < -0.3 is 28.9 Å². The van der Waals surface area contributed by atoms with Crippen LogP contribution < -0.4 is 0 Å². The zero-order valence-corrected chi connectivity index (χ0v) is 12.6. The van der Waals surface area contributed by atoms with Gasteiger partial charge in [-0.25, -0.2) is 4.79 Å². The number of aliphatic hydroxyl groups excluding tert-OH is 1. The van der Waals surface area contributed by atoms with Gasteiger partial charge in [-0.1, -0.05) is 6.42 Å². The van der Waals surface area contributed by atoms with Gasteiger partial charge in [-0.3, -0.25) is 0 Å². The monoisotopic (exact) mass is 335 g/mol. The van der Waals surface area contributed by atoms with Crippen LogP contribution in [0.2, 0.25) is 0 Å². The van der Waals surface area contributed by atoms with Crippen molar-refractivity contribution in [1.82, 2.24) is 0 Å². The number of carbonyl (C=O) groups excluding carboxylic acids is 1. The lowest BCUT2D eigenvalue weighted by Gasteiger charge is -2.16. The largest absolute Gasteiger partial charge is 0.508 e. The van der Waals surface area contributed by atoms with E-state index >= 15 is 0 Å². The first-order valence-electron chi connectivity index (χ1n) is 7.60. The molecular formula is C13H21NO9. The van der Waals surface area contributed by atoms with Crippen molar-refractivity contribution in [1.29, 1.82) is 0 Å². The van der Waals surface area contributed by atoms with E-state index in [1.54, 1.807) is 0 Å². The molecule has 0 aromatic heterocycles. The van der Waals surface area contributed by atoms with Crippen molar-refractivity contribution in [2.24, 2.45) is 0 Å². The summed E-state index contributed by atoms with van der Waals surface area (Å²) in [4.78, 5) is 25.7. The van der Waals surface area contributed by atoms with E-state index in [2.05, 4.69) is 4.84 Å². The highest BCUT2D eigenvalue weighted by Gasteiger charge is 2.49. The van der Waals surface area contributed by atoms with Crippen LogP contribution >= 0.6 is 0 Å². The molecule has 2 rings (SSSR count). The fourth-order valence-corrected chi connectivity index (χ4v) is 2.55. The molecule has 2 aliphatic rings. The van der Waals surface area contributed by atoms with Crippen LogP contribution in [-0.4, -0.2) is 67.2 Å². The summed E-state index contributed by atoms with van der Waals surface area (Å²) in [6, 6.07) is 0. The van der Waals surface area contributed by atoms with E-state index in [1.807, 2.05) is 0 Å². The second-order valence-corrected chi connectivity index (χ2v) is 5.39. The van der Waals surface area contributed by atoms with Gasteiger partial charge in [0.15, 0.2) is 6.10 Å². The number of rotatable bonds is 9. The van der Waals surface area contributed by atoms with Crippen LogP contribution in [0.1, 0.15) is 25.7 Å². The normalized spacial score (nSPS) is 29.1. The average Bonchev–Trinajstić information content (AvgIpc) is 3.06. The molecule has 2 aliphatic heterocycles. The Labute approximate surface area is 132 Å². The Balaban J connectivity index is 1.49. The zero-order valence-electron chi connectivity index (χ0n) is 12.6. The Morgan fingerprint density at radius 3 is 2.57 bits per heavy atom.